The minimum atomic E-state index is 0.152. The van der Waals surface area contributed by atoms with Crippen molar-refractivity contribution in [1.82, 2.24) is 19.4 Å². The van der Waals surface area contributed by atoms with Crippen LogP contribution in [0.1, 0.15) is 46.6 Å². The summed E-state index contributed by atoms with van der Waals surface area (Å²) in [6.07, 6.45) is 3.19. The summed E-state index contributed by atoms with van der Waals surface area (Å²) in [6, 6.07) is 11.6. The average Bonchev–Trinajstić information content (AvgIpc) is 3.35. The Hall–Kier alpha value is -1.79. The second-order valence-electron chi connectivity index (χ2n) is 7.73. The highest BCUT2D eigenvalue weighted by molar-refractivity contribution is 7.08. The Bertz CT molecular complexity index is 799. The van der Waals surface area contributed by atoms with Gasteiger partial charge >= 0.3 is 0 Å². The average molecular weight is 369 g/mol. The maximum atomic E-state index is 13.4. The van der Waals surface area contributed by atoms with Crippen molar-refractivity contribution in [2.24, 2.45) is 5.92 Å². The van der Waals surface area contributed by atoms with E-state index in [0.717, 1.165) is 23.5 Å². The zero-order valence-electron chi connectivity index (χ0n) is 15.0. The molecule has 6 heteroatoms. The Balaban J connectivity index is 1.53. The van der Waals surface area contributed by atoms with E-state index in [4.69, 9.17) is 0 Å². The number of hydrogen-bond acceptors (Lipinski definition) is 5. The molecule has 4 fully saturated rings. The summed E-state index contributed by atoms with van der Waals surface area (Å²) in [5.74, 6) is 1.19. The molecule has 1 amide bonds. The molecule has 4 saturated heterocycles. The first-order valence-corrected chi connectivity index (χ1v) is 10.5. The van der Waals surface area contributed by atoms with Crippen molar-refractivity contribution in [3.8, 4) is 0 Å². The van der Waals surface area contributed by atoms with Crippen molar-refractivity contribution >= 4 is 17.4 Å². The van der Waals surface area contributed by atoms with Crippen molar-refractivity contribution in [2.75, 3.05) is 19.6 Å². The quantitative estimate of drug-likeness (QED) is 0.836. The molecule has 0 radical (unpaired) electrons. The van der Waals surface area contributed by atoms with Crippen LogP contribution in [0.4, 0.5) is 0 Å². The molecule has 0 aliphatic carbocycles. The first kappa shape index (κ1) is 16.4. The second kappa shape index (κ2) is 6.43. The van der Waals surface area contributed by atoms with Crippen LogP contribution in [0.5, 0.6) is 0 Å². The summed E-state index contributed by atoms with van der Waals surface area (Å²) in [4.78, 5) is 19.0. The highest BCUT2D eigenvalue weighted by Crippen LogP contribution is 2.47. The molecule has 0 saturated carbocycles. The molecule has 1 aromatic heterocycles. The fraction of sp³-hybridized carbons (Fsp3) is 0.550. The van der Waals surface area contributed by atoms with Crippen LogP contribution < -0.4 is 0 Å². The molecule has 0 unspecified atom stereocenters. The minimum Gasteiger partial charge on any atom is -0.332 e. The number of aromatic nitrogens is 2. The molecular weight excluding hydrogens is 344 g/mol. The molecule has 0 spiro atoms. The normalized spacial score (nSPS) is 32.7. The third kappa shape index (κ3) is 2.42. The van der Waals surface area contributed by atoms with Crippen LogP contribution in [0.25, 0.3) is 0 Å². The lowest BCUT2D eigenvalue weighted by Crippen LogP contribution is -2.60. The van der Waals surface area contributed by atoms with Crippen LogP contribution in [-0.4, -0.2) is 57.0 Å². The molecule has 3 atom stereocenters. The van der Waals surface area contributed by atoms with Crippen LogP contribution in [0.2, 0.25) is 0 Å². The molecule has 5 nitrogen and oxygen atoms in total. The van der Waals surface area contributed by atoms with Gasteiger partial charge in [-0.05, 0) is 55.4 Å². The first-order valence-electron chi connectivity index (χ1n) is 9.69. The number of nitrogens with zero attached hydrogens (tertiary/aromatic N) is 4. The molecule has 1 aromatic carbocycles. The molecular formula is C20H24N4OS. The number of amides is 1. The van der Waals surface area contributed by atoms with Crippen molar-refractivity contribution in [3.05, 3.63) is 46.5 Å². The number of aryl methyl sites for hydroxylation is 1. The number of likely N-dealkylation sites (tertiary alicyclic amines) is 1. The highest BCUT2D eigenvalue weighted by atomic mass is 32.1. The molecule has 6 rings (SSSR count). The summed E-state index contributed by atoms with van der Waals surface area (Å²) >= 11 is 1.26. The number of piperidine rings is 3. The first-order chi connectivity index (χ1) is 12.8. The summed E-state index contributed by atoms with van der Waals surface area (Å²) in [7, 11) is 0. The Morgan fingerprint density at radius 1 is 1.19 bits per heavy atom. The van der Waals surface area contributed by atoms with Gasteiger partial charge in [-0.25, -0.2) is 0 Å². The molecule has 136 valence electrons. The number of fused-ring (bicyclic) bond motifs is 2. The van der Waals surface area contributed by atoms with Crippen molar-refractivity contribution in [1.29, 1.82) is 0 Å². The predicted octanol–water partition coefficient (Wildman–Crippen LogP) is 2.80. The third-order valence-corrected chi connectivity index (χ3v) is 7.32. The summed E-state index contributed by atoms with van der Waals surface area (Å²) < 4.78 is 4.05. The molecule has 4 aliphatic heterocycles. The van der Waals surface area contributed by atoms with Gasteiger partial charge in [0.2, 0.25) is 0 Å². The largest absolute Gasteiger partial charge is 0.332 e. The van der Waals surface area contributed by atoms with Gasteiger partial charge in [0.25, 0.3) is 5.91 Å². The fourth-order valence-electron chi connectivity index (χ4n) is 5.38. The van der Waals surface area contributed by atoms with Gasteiger partial charge in [-0.1, -0.05) is 41.7 Å². The van der Waals surface area contributed by atoms with E-state index in [0.29, 0.717) is 23.9 Å². The predicted molar refractivity (Wildman–Crippen MR) is 101 cm³/mol. The van der Waals surface area contributed by atoms with E-state index >= 15 is 0 Å². The van der Waals surface area contributed by atoms with Crippen molar-refractivity contribution < 1.29 is 4.79 Å². The monoisotopic (exact) mass is 368 g/mol. The lowest BCUT2D eigenvalue weighted by molar-refractivity contribution is -0.00329. The number of hydrogen-bond donors (Lipinski definition) is 0. The molecule has 5 heterocycles. The molecule has 4 aliphatic rings. The summed E-state index contributed by atoms with van der Waals surface area (Å²) in [5.41, 5.74) is 2.21. The number of rotatable bonds is 3. The van der Waals surface area contributed by atoms with Crippen molar-refractivity contribution in [2.45, 2.75) is 44.2 Å². The van der Waals surface area contributed by atoms with Gasteiger partial charge < -0.3 is 4.90 Å². The van der Waals surface area contributed by atoms with E-state index in [1.165, 1.54) is 43.0 Å². The Labute approximate surface area is 158 Å². The summed E-state index contributed by atoms with van der Waals surface area (Å²) in [6.45, 7) is 5.21. The number of carbonyl (C=O) groups is 1. The second-order valence-corrected chi connectivity index (χ2v) is 8.49. The fourth-order valence-corrected chi connectivity index (χ4v) is 6.09. The van der Waals surface area contributed by atoms with E-state index in [9.17, 15) is 4.79 Å². The van der Waals surface area contributed by atoms with Gasteiger partial charge in [0, 0.05) is 18.5 Å². The minimum absolute atomic E-state index is 0.152. The highest BCUT2D eigenvalue weighted by Gasteiger charge is 2.54. The van der Waals surface area contributed by atoms with Gasteiger partial charge in [0.05, 0.1) is 11.7 Å². The van der Waals surface area contributed by atoms with Gasteiger partial charge in [0.1, 0.15) is 4.88 Å². The van der Waals surface area contributed by atoms with E-state index < -0.39 is 0 Å². The maximum absolute atomic E-state index is 13.4. The third-order valence-electron chi connectivity index (χ3n) is 6.57. The van der Waals surface area contributed by atoms with Gasteiger partial charge in [0.15, 0.2) is 0 Å². The lowest BCUT2D eigenvalue weighted by Gasteiger charge is -2.51. The van der Waals surface area contributed by atoms with Crippen LogP contribution in [0, 0.1) is 5.92 Å². The Morgan fingerprint density at radius 3 is 2.69 bits per heavy atom. The lowest BCUT2D eigenvalue weighted by atomic mass is 9.75. The van der Waals surface area contributed by atoms with Crippen LogP contribution in [0.3, 0.4) is 0 Å². The molecule has 26 heavy (non-hydrogen) atoms. The topological polar surface area (TPSA) is 49.3 Å². The zero-order valence-corrected chi connectivity index (χ0v) is 15.9. The van der Waals surface area contributed by atoms with E-state index in [1.54, 1.807) is 0 Å². The Kier molecular flexibility index (Phi) is 4.05. The van der Waals surface area contributed by atoms with Gasteiger partial charge in [-0.15, -0.1) is 5.10 Å². The van der Waals surface area contributed by atoms with Gasteiger partial charge in [-0.3, -0.25) is 9.69 Å². The van der Waals surface area contributed by atoms with Crippen LogP contribution in [-0.2, 0) is 6.42 Å². The van der Waals surface area contributed by atoms with E-state index in [1.807, 2.05) is 6.92 Å². The van der Waals surface area contributed by atoms with E-state index in [-0.39, 0.29) is 5.91 Å². The summed E-state index contributed by atoms with van der Waals surface area (Å²) in [5, 5.41) is 4.17. The maximum Gasteiger partial charge on any atom is 0.267 e. The van der Waals surface area contributed by atoms with Crippen LogP contribution >= 0.6 is 11.5 Å². The number of benzene rings is 1. The smallest absolute Gasteiger partial charge is 0.267 e. The SMILES string of the molecule is CCc1nnsc1C(=O)N1C[C@H](c2ccccc2)[C@H]2[C@@H]1C1CCN2CC1. The van der Waals surface area contributed by atoms with Crippen LogP contribution in [0.15, 0.2) is 30.3 Å². The van der Waals surface area contributed by atoms with Crippen molar-refractivity contribution in [3.63, 3.8) is 0 Å². The van der Waals surface area contributed by atoms with Gasteiger partial charge in [-0.2, -0.15) is 0 Å². The molecule has 0 N–H and O–H groups in total. The standard InChI is InChI=1S/C20H24N4OS/c1-2-16-19(26-22-21-16)20(25)24-12-15(13-6-4-3-5-7-13)18-17(24)14-8-10-23(18)11-9-14/h3-7,14-15,17-18H,2,8-12H2,1H3/t15-,17+,18+/m1/s1. The molecule has 2 bridgehead atoms. The zero-order chi connectivity index (χ0) is 17.7. The molecule has 2 aromatic rings. The van der Waals surface area contributed by atoms with E-state index in [2.05, 4.69) is 49.7 Å². The number of carbonyl (C=O) groups excluding carboxylic acids is 1. The Morgan fingerprint density at radius 2 is 1.96 bits per heavy atom.